The summed E-state index contributed by atoms with van der Waals surface area (Å²) in [5.74, 6) is -0.958. The Morgan fingerprint density at radius 1 is 1.16 bits per heavy atom. The van der Waals surface area contributed by atoms with E-state index in [-0.39, 0.29) is 25.1 Å². The fraction of sp³-hybridized carbons (Fsp3) is 0.500. The van der Waals surface area contributed by atoms with Gasteiger partial charge in [-0.05, 0) is 31.9 Å². The van der Waals surface area contributed by atoms with Crippen LogP contribution in [0.4, 0.5) is 0 Å². The third-order valence-electron chi connectivity index (χ3n) is 3.91. The van der Waals surface area contributed by atoms with Gasteiger partial charge in [-0.2, -0.15) is 0 Å². The second kappa shape index (κ2) is 9.66. The number of esters is 1. The van der Waals surface area contributed by atoms with Crippen LogP contribution in [-0.2, 0) is 14.3 Å². The van der Waals surface area contributed by atoms with Crippen LogP contribution in [0, 0.1) is 0 Å². The van der Waals surface area contributed by atoms with Gasteiger partial charge in [0, 0.05) is 6.04 Å². The summed E-state index contributed by atoms with van der Waals surface area (Å²) >= 11 is 0. The van der Waals surface area contributed by atoms with Crippen LogP contribution in [0.5, 0.6) is 5.75 Å². The molecule has 0 unspecified atom stereocenters. The average molecular weight is 348 g/mol. The Morgan fingerprint density at radius 3 is 2.60 bits per heavy atom. The predicted molar refractivity (Wildman–Crippen MR) is 91.3 cm³/mol. The maximum atomic E-state index is 12.1. The van der Waals surface area contributed by atoms with Crippen molar-refractivity contribution < 1.29 is 23.9 Å². The van der Waals surface area contributed by atoms with Crippen molar-refractivity contribution in [3.8, 4) is 5.75 Å². The minimum atomic E-state index is -0.663. The van der Waals surface area contributed by atoms with Crippen molar-refractivity contribution in [3.63, 3.8) is 0 Å². The van der Waals surface area contributed by atoms with E-state index < -0.39 is 11.9 Å². The molecule has 0 aromatic heterocycles. The van der Waals surface area contributed by atoms with E-state index >= 15 is 0 Å². The second-order valence-electron chi connectivity index (χ2n) is 5.82. The SMILES string of the molecule is CCOc1ccccc1C(=O)NCC(=O)OCC(=O)NC1CCCC1. The van der Waals surface area contributed by atoms with Gasteiger partial charge in [-0.25, -0.2) is 0 Å². The molecule has 0 radical (unpaired) electrons. The first-order valence-corrected chi connectivity index (χ1v) is 8.55. The fourth-order valence-electron chi connectivity index (χ4n) is 2.72. The number of carbonyl (C=O) groups is 3. The lowest BCUT2D eigenvalue weighted by Crippen LogP contribution is -2.37. The predicted octanol–water partition coefficient (Wildman–Crippen LogP) is 1.42. The number of hydrogen-bond donors (Lipinski definition) is 2. The van der Waals surface area contributed by atoms with Crippen molar-refractivity contribution in [3.05, 3.63) is 29.8 Å². The van der Waals surface area contributed by atoms with Gasteiger partial charge in [0.15, 0.2) is 6.61 Å². The zero-order valence-electron chi connectivity index (χ0n) is 14.4. The number of ether oxygens (including phenoxy) is 2. The number of benzene rings is 1. The molecule has 136 valence electrons. The number of carbonyl (C=O) groups excluding carboxylic acids is 3. The molecule has 0 atom stereocenters. The topological polar surface area (TPSA) is 93.7 Å². The number of amides is 2. The first-order chi connectivity index (χ1) is 12.1. The molecular formula is C18H24N2O5. The number of para-hydroxylation sites is 1. The molecule has 7 heteroatoms. The van der Waals surface area contributed by atoms with Crippen LogP contribution in [0.25, 0.3) is 0 Å². The largest absolute Gasteiger partial charge is 0.493 e. The molecule has 25 heavy (non-hydrogen) atoms. The molecule has 7 nitrogen and oxygen atoms in total. The van der Waals surface area contributed by atoms with Gasteiger partial charge < -0.3 is 20.1 Å². The number of rotatable bonds is 8. The highest BCUT2D eigenvalue weighted by Crippen LogP contribution is 2.18. The summed E-state index contributed by atoms with van der Waals surface area (Å²) in [6, 6.07) is 6.95. The quantitative estimate of drug-likeness (QED) is 0.693. The summed E-state index contributed by atoms with van der Waals surface area (Å²) < 4.78 is 10.3. The van der Waals surface area contributed by atoms with Crippen LogP contribution in [0.3, 0.4) is 0 Å². The van der Waals surface area contributed by atoms with Crippen molar-refractivity contribution in [2.24, 2.45) is 0 Å². The first-order valence-electron chi connectivity index (χ1n) is 8.55. The van der Waals surface area contributed by atoms with Crippen LogP contribution < -0.4 is 15.4 Å². The van der Waals surface area contributed by atoms with E-state index in [1.807, 2.05) is 6.92 Å². The standard InChI is InChI=1S/C18H24N2O5/c1-2-24-15-10-6-5-9-14(15)18(23)19-11-17(22)25-12-16(21)20-13-7-3-4-8-13/h5-6,9-10,13H,2-4,7-8,11-12H2,1H3,(H,19,23)(H,20,21). The van der Waals surface area contributed by atoms with E-state index in [1.54, 1.807) is 24.3 Å². The molecule has 1 aromatic rings. The Bertz CT molecular complexity index is 611. The van der Waals surface area contributed by atoms with Crippen molar-refractivity contribution in [2.45, 2.75) is 38.6 Å². The van der Waals surface area contributed by atoms with Gasteiger partial charge in [0.2, 0.25) is 0 Å². The van der Waals surface area contributed by atoms with Gasteiger partial charge in [0.05, 0.1) is 12.2 Å². The minimum absolute atomic E-state index is 0.181. The van der Waals surface area contributed by atoms with E-state index in [0.29, 0.717) is 17.9 Å². The fourth-order valence-corrected chi connectivity index (χ4v) is 2.72. The summed E-state index contributed by atoms with van der Waals surface area (Å²) in [6.07, 6.45) is 4.16. The van der Waals surface area contributed by atoms with E-state index in [4.69, 9.17) is 9.47 Å². The molecule has 1 aliphatic carbocycles. The van der Waals surface area contributed by atoms with E-state index in [2.05, 4.69) is 10.6 Å². The van der Waals surface area contributed by atoms with Crippen LogP contribution in [0.2, 0.25) is 0 Å². The highest BCUT2D eigenvalue weighted by Gasteiger charge is 2.18. The summed E-state index contributed by atoms with van der Waals surface area (Å²) in [7, 11) is 0. The molecule has 2 rings (SSSR count). The van der Waals surface area contributed by atoms with E-state index in [1.165, 1.54) is 0 Å². The van der Waals surface area contributed by atoms with Gasteiger partial charge >= 0.3 is 5.97 Å². The highest BCUT2D eigenvalue weighted by molar-refractivity contribution is 5.98. The lowest BCUT2D eigenvalue weighted by molar-refractivity contribution is -0.147. The molecule has 1 aliphatic rings. The lowest BCUT2D eigenvalue weighted by atomic mass is 10.2. The Kier molecular flexibility index (Phi) is 7.25. The van der Waals surface area contributed by atoms with E-state index in [0.717, 1.165) is 25.7 Å². The second-order valence-corrected chi connectivity index (χ2v) is 5.82. The molecule has 1 aromatic carbocycles. The molecule has 0 heterocycles. The van der Waals surface area contributed by atoms with Crippen LogP contribution in [-0.4, -0.2) is 43.6 Å². The number of hydrogen-bond acceptors (Lipinski definition) is 5. The summed E-state index contributed by atoms with van der Waals surface area (Å²) in [4.78, 5) is 35.5. The summed E-state index contributed by atoms with van der Waals surface area (Å²) in [5.41, 5.74) is 0.344. The highest BCUT2D eigenvalue weighted by atomic mass is 16.5. The van der Waals surface area contributed by atoms with Crippen LogP contribution >= 0.6 is 0 Å². The molecule has 1 fully saturated rings. The van der Waals surface area contributed by atoms with Crippen molar-refractivity contribution in [1.29, 1.82) is 0 Å². The maximum Gasteiger partial charge on any atom is 0.325 e. The van der Waals surface area contributed by atoms with Crippen molar-refractivity contribution in [2.75, 3.05) is 19.8 Å². The van der Waals surface area contributed by atoms with Crippen LogP contribution in [0.1, 0.15) is 43.0 Å². The van der Waals surface area contributed by atoms with Gasteiger partial charge in [0.1, 0.15) is 12.3 Å². The Balaban J connectivity index is 1.72. The monoisotopic (exact) mass is 348 g/mol. The van der Waals surface area contributed by atoms with Gasteiger partial charge in [-0.1, -0.05) is 25.0 Å². The third kappa shape index (κ3) is 6.10. The molecule has 0 spiro atoms. The molecular weight excluding hydrogens is 324 g/mol. The Hall–Kier alpha value is -2.57. The first kappa shape index (κ1) is 18.8. The molecule has 0 bridgehead atoms. The molecule has 2 N–H and O–H groups in total. The summed E-state index contributed by atoms with van der Waals surface area (Å²) in [6.45, 7) is 1.61. The molecule has 0 aliphatic heterocycles. The zero-order valence-corrected chi connectivity index (χ0v) is 14.4. The lowest BCUT2D eigenvalue weighted by Gasteiger charge is -2.12. The normalized spacial score (nSPS) is 14.0. The molecule has 2 amide bonds. The molecule has 1 saturated carbocycles. The van der Waals surface area contributed by atoms with E-state index in [9.17, 15) is 14.4 Å². The number of nitrogens with one attached hydrogen (secondary N) is 2. The van der Waals surface area contributed by atoms with Gasteiger partial charge in [-0.15, -0.1) is 0 Å². The molecule has 0 saturated heterocycles. The zero-order chi connectivity index (χ0) is 18.1. The smallest absolute Gasteiger partial charge is 0.325 e. The Morgan fingerprint density at radius 2 is 1.88 bits per heavy atom. The Labute approximate surface area is 147 Å². The average Bonchev–Trinajstić information content (AvgIpc) is 3.11. The van der Waals surface area contributed by atoms with Crippen LogP contribution in [0.15, 0.2) is 24.3 Å². The summed E-state index contributed by atoms with van der Waals surface area (Å²) in [5, 5.41) is 5.30. The van der Waals surface area contributed by atoms with Gasteiger partial charge in [-0.3, -0.25) is 14.4 Å². The van der Waals surface area contributed by atoms with Crippen molar-refractivity contribution in [1.82, 2.24) is 10.6 Å². The van der Waals surface area contributed by atoms with Crippen molar-refractivity contribution >= 4 is 17.8 Å². The van der Waals surface area contributed by atoms with Gasteiger partial charge in [0.25, 0.3) is 11.8 Å². The minimum Gasteiger partial charge on any atom is -0.493 e. The third-order valence-corrected chi connectivity index (χ3v) is 3.91. The maximum absolute atomic E-state index is 12.1.